The first kappa shape index (κ1) is 14.6. The van der Waals surface area contributed by atoms with Crippen LogP contribution < -0.4 is 21.6 Å². The zero-order valence-electron chi connectivity index (χ0n) is 12.1. The minimum atomic E-state index is -3.95. The summed E-state index contributed by atoms with van der Waals surface area (Å²) >= 11 is 0. The third-order valence-electron chi connectivity index (χ3n) is 3.58. The maximum absolute atomic E-state index is 12.0. The second-order valence-electron chi connectivity index (χ2n) is 5.08. The molecule has 122 valence electrons. The first-order valence-electron chi connectivity index (χ1n) is 6.83. The summed E-state index contributed by atoms with van der Waals surface area (Å²) < 4.78 is 24.0. The Hall–Kier alpha value is -3.02. The Labute approximate surface area is 136 Å². The van der Waals surface area contributed by atoms with Gasteiger partial charge < -0.3 is 0 Å². The average molecular weight is 344 g/mol. The van der Waals surface area contributed by atoms with E-state index in [0.29, 0.717) is 28.2 Å². The maximum atomic E-state index is 12.0. The van der Waals surface area contributed by atoms with E-state index in [-0.39, 0.29) is 4.90 Å². The molecule has 1 aliphatic heterocycles. The number of aromatic nitrogens is 3. The summed E-state index contributed by atoms with van der Waals surface area (Å²) in [6.07, 6.45) is 3.27. The van der Waals surface area contributed by atoms with E-state index in [2.05, 4.69) is 36.8 Å². The molecule has 2 aromatic heterocycles. The molecule has 1 aromatic carbocycles. The summed E-state index contributed by atoms with van der Waals surface area (Å²) in [5.41, 5.74) is 10.2. The van der Waals surface area contributed by atoms with Crippen LogP contribution in [0.15, 0.2) is 46.7 Å². The summed E-state index contributed by atoms with van der Waals surface area (Å²) in [7, 11) is -3.95. The number of primary sulfonamides is 1. The van der Waals surface area contributed by atoms with E-state index in [1.807, 2.05) is 6.07 Å². The summed E-state index contributed by atoms with van der Waals surface area (Å²) in [4.78, 5) is 4.25. The number of hydrazone groups is 1. The molecule has 0 spiro atoms. The van der Waals surface area contributed by atoms with Crippen molar-refractivity contribution in [2.75, 3.05) is 0 Å². The fraction of sp³-hybridized carbons (Fsp3) is 0. The summed E-state index contributed by atoms with van der Waals surface area (Å²) in [5.74, 6) is 0.307. The van der Waals surface area contributed by atoms with E-state index in [1.165, 1.54) is 6.07 Å². The number of pyridine rings is 1. The van der Waals surface area contributed by atoms with Crippen molar-refractivity contribution in [2.45, 2.75) is 4.90 Å². The van der Waals surface area contributed by atoms with E-state index >= 15 is 0 Å². The molecule has 6 N–H and O–H groups in total. The lowest BCUT2D eigenvalue weighted by Crippen LogP contribution is -2.36. The van der Waals surface area contributed by atoms with Gasteiger partial charge in [0.05, 0.1) is 11.1 Å². The Kier molecular flexibility index (Phi) is 3.19. The van der Waals surface area contributed by atoms with Crippen LogP contribution in [0.4, 0.5) is 0 Å². The molecular formula is C13H12N8O2S. The van der Waals surface area contributed by atoms with Crippen molar-refractivity contribution in [3.63, 3.8) is 0 Å². The molecule has 0 unspecified atom stereocenters. The number of amidine groups is 1. The summed E-state index contributed by atoms with van der Waals surface area (Å²) in [6, 6.07) is 6.68. The molecule has 4 rings (SSSR count). The van der Waals surface area contributed by atoms with Crippen molar-refractivity contribution in [1.29, 1.82) is 0 Å². The quantitative estimate of drug-likeness (QED) is 0.431. The van der Waals surface area contributed by atoms with Crippen molar-refractivity contribution < 1.29 is 8.42 Å². The fourth-order valence-electron chi connectivity index (χ4n) is 2.55. The monoisotopic (exact) mass is 344 g/mol. The molecule has 3 aromatic rings. The van der Waals surface area contributed by atoms with E-state index in [1.54, 1.807) is 24.5 Å². The Morgan fingerprint density at radius 3 is 2.79 bits per heavy atom. The molecule has 3 heterocycles. The lowest BCUT2D eigenvalue weighted by Gasteiger charge is -2.13. The molecule has 10 nitrogen and oxygen atoms in total. The van der Waals surface area contributed by atoms with Crippen molar-refractivity contribution >= 4 is 26.9 Å². The van der Waals surface area contributed by atoms with Gasteiger partial charge in [-0.25, -0.2) is 24.1 Å². The first-order valence-corrected chi connectivity index (χ1v) is 8.38. The van der Waals surface area contributed by atoms with Crippen LogP contribution in [0.1, 0.15) is 5.56 Å². The predicted octanol–water partition coefficient (Wildman–Crippen LogP) is -0.454. The van der Waals surface area contributed by atoms with E-state index < -0.39 is 10.0 Å². The molecule has 1 aliphatic rings. The van der Waals surface area contributed by atoms with Crippen LogP contribution in [-0.2, 0) is 10.0 Å². The zero-order chi connectivity index (χ0) is 16.7. The number of fused-ring (bicyclic) bond motifs is 1. The highest BCUT2D eigenvalue weighted by Gasteiger charge is 2.24. The molecule has 0 atom stereocenters. The number of hydrogen-bond donors (Lipinski definition) is 5. The SMILES string of the molecule is NS(=O)(=O)c1cccc(-c2cnc3[nH]ncc3c2)c1C1=NNNN1. The molecule has 0 fully saturated rings. The van der Waals surface area contributed by atoms with E-state index in [9.17, 15) is 8.42 Å². The highest BCUT2D eigenvalue weighted by molar-refractivity contribution is 7.89. The topological polar surface area (TPSA) is 150 Å². The number of hydrazine groups is 2. The van der Waals surface area contributed by atoms with Crippen LogP contribution in [0.2, 0.25) is 0 Å². The van der Waals surface area contributed by atoms with Gasteiger partial charge in [0, 0.05) is 22.7 Å². The molecule has 0 saturated carbocycles. The molecule has 0 radical (unpaired) electrons. The van der Waals surface area contributed by atoms with Gasteiger partial charge in [-0.3, -0.25) is 10.5 Å². The number of nitrogens with two attached hydrogens (primary N) is 1. The lowest BCUT2D eigenvalue weighted by molar-refractivity contribution is 0.577. The number of H-pyrrole nitrogens is 1. The third-order valence-corrected chi connectivity index (χ3v) is 4.53. The van der Waals surface area contributed by atoms with Gasteiger partial charge in [-0.1, -0.05) is 12.1 Å². The molecular weight excluding hydrogens is 332 g/mol. The number of benzene rings is 1. The molecule has 0 bridgehead atoms. The largest absolute Gasteiger partial charge is 0.285 e. The Bertz CT molecular complexity index is 1070. The maximum Gasteiger partial charge on any atom is 0.238 e. The lowest BCUT2D eigenvalue weighted by atomic mass is 9.99. The van der Waals surface area contributed by atoms with Gasteiger partial charge in [0.1, 0.15) is 0 Å². The number of nitrogens with one attached hydrogen (secondary N) is 4. The van der Waals surface area contributed by atoms with E-state index in [4.69, 9.17) is 5.14 Å². The molecule has 24 heavy (non-hydrogen) atoms. The number of sulfonamides is 1. The smallest absolute Gasteiger partial charge is 0.238 e. The van der Waals surface area contributed by atoms with Crippen LogP contribution in [0.5, 0.6) is 0 Å². The number of hydrogen-bond acceptors (Lipinski definition) is 8. The molecule has 0 amide bonds. The number of aromatic amines is 1. The van der Waals surface area contributed by atoms with Crippen LogP contribution in [-0.4, -0.2) is 29.4 Å². The summed E-state index contributed by atoms with van der Waals surface area (Å²) in [5, 5.41) is 16.9. The zero-order valence-corrected chi connectivity index (χ0v) is 12.9. The van der Waals surface area contributed by atoms with Gasteiger partial charge in [-0.15, -0.1) is 10.6 Å². The Balaban J connectivity index is 2.00. The molecule has 0 saturated heterocycles. The number of nitrogens with zero attached hydrogens (tertiary/aromatic N) is 3. The highest BCUT2D eigenvalue weighted by atomic mass is 32.2. The molecule has 0 aliphatic carbocycles. The minimum absolute atomic E-state index is 0.0379. The first-order chi connectivity index (χ1) is 11.5. The average Bonchev–Trinajstić information content (AvgIpc) is 3.24. The summed E-state index contributed by atoms with van der Waals surface area (Å²) in [6.45, 7) is 0. The fourth-order valence-corrected chi connectivity index (χ4v) is 3.31. The van der Waals surface area contributed by atoms with Crippen LogP contribution in [0, 0.1) is 0 Å². The Morgan fingerprint density at radius 1 is 1.17 bits per heavy atom. The third kappa shape index (κ3) is 2.36. The van der Waals surface area contributed by atoms with Crippen LogP contribution in [0.3, 0.4) is 0 Å². The van der Waals surface area contributed by atoms with Crippen molar-refractivity contribution in [3.05, 3.63) is 42.2 Å². The van der Waals surface area contributed by atoms with Gasteiger partial charge in [0.25, 0.3) is 0 Å². The van der Waals surface area contributed by atoms with Gasteiger partial charge >= 0.3 is 0 Å². The van der Waals surface area contributed by atoms with Crippen molar-refractivity contribution in [3.8, 4) is 11.1 Å². The highest BCUT2D eigenvalue weighted by Crippen LogP contribution is 2.30. The second kappa shape index (κ2) is 5.26. The van der Waals surface area contributed by atoms with E-state index in [0.717, 1.165) is 5.39 Å². The van der Waals surface area contributed by atoms with Gasteiger partial charge in [-0.05, 0) is 17.7 Å². The standard InChI is InChI=1S/C13H12N8O2S/c14-24(22,23)10-3-1-2-9(11(10)13-18-20-21-19-13)7-4-8-6-16-17-12(8)15-5-7/h1-6,20-21H,(H,18,19)(H2,14,22,23)(H,15,16,17). The van der Waals surface area contributed by atoms with Gasteiger partial charge in [-0.2, -0.15) is 5.10 Å². The molecule has 11 heteroatoms. The Morgan fingerprint density at radius 2 is 2.04 bits per heavy atom. The minimum Gasteiger partial charge on any atom is -0.285 e. The van der Waals surface area contributed by atoms with Crippen LogP contribution >= 0.6 is 0 Å². The number of rotatable bonds is 3. The van der Waals surface area contributed by atoms with Crippen molar-refractivity contribution in [2.24, 2.45) is 10.2 Å². The van der Waals surface area contributed by atoms with Gasteiger partial charge in [0.15, 0.2) is 11.5 Å². The second-order valence-corrected chi connectivity index (χ2v) is 6.61. The van der Waals surface area contributed by atoms with Gasteiger partial charge in [0.2, 0.25) is 10.0 Å². The van der Waals surface area contributed by atoms with Crippen LogP contribution in [0.25, 0.3) is 22.2 Å². The normalized spacial score (nSPS) is 14.3. The van der Waals surface area contributed by atoms with Crippen molar-refractivity contribution in [1.82, 2.24) is 31.7 Å². The predicted molar refractivity (Wildman–Crippen MR) is 86.6 cm³/mol.